The van der Waals surface area contributed by atoms with Gasteiger partial charge in [-0.1, -0.05) is 12.8 Å². The zero-order valence-electron chi connectivity index (χ0n) is 8.29. The first-order valence-corrected chi connectivity index (χ1v) is 4.65. The zero-order valence-corrected chi connectivity index (χ0v) is 8.29. The maximum Gasteiger partial charge on any atom is 0.0962 e. The maximum absolute atomic E-state index is 7.60. The first-order chi connectivity index (χ1) is 7.34. The Hall–Kier alpha value is -0.320. The molecule has 0 radical (unpaired) electrons. The van der Waals surface area contributed by atoms with E-state index in [0.717, 1.165) is 12.8 Å². The molecule has 1 saturated carbocycles. The zero-order chi connectivity index (χ0) is 10.9. The molecule has 0 bridgehead atoms. The molecule has 0 heterocycles. The van der Waals surface area contributed by atoms with Crippen molar-refractivity contribution in [3.05, 3.63) is 0 Å². The SMILES string of the molecule is CC(OOOOOOOO)C1CCCC1. The summed E-state index contributed by atoms with van der Waals surface area (Å²) < 4.78 is 0. The van der Waals surface area contributed by atoms with E-state index < -0.39 is 0 Å². The summed E-state index contributed by atoms with van der Waals surface area (Å²) in [5.74, 6) is 0.464. The summed E-state index contributed by atoms with van der Waals surface area (Å²) in [5.41, 5.74) is 0. The van der Waals surface area contributed by atoms with Gasteiger partial charge in [-0.25, -0.2) is 10.1 Å². The summed E-state index contributed by atoms with van der Waals surface area (Å²) in [6.07, 6.45) is 4.55. The van der Waals surface area contributed by atoms with Crippen LogP contribution in [0.25, 0.3) is 0 Å². The predicted octanol–water partition coefficient (Wildman–Crippen LogP) is 1.64. The lowest BCUT2D eigenvalue weighted by Crippen LogP contribution is -2.18. The van der Waals surface area contributed by atoms with Gasteiger partial charge >= 0.3 is 0 Å². The third-order valence-electron chi connectivity index (χ3n) is 2.40. The van der Waals surface area contributed by atoms with Crippen LogP contribution in [-0.4, -0.2) is 11.4 Å². The average molecular weight is 226 g/mol. The van der Waals surface area contributed by atoms with Crippen molar-refractivity contribution in [2.24, 2.45) is 5.92 Å². The molecule has 8 heteroatoms. The van der Waals surface area contributed by atoms with Gasteiger partial charge in [-0.05, 0) is 55.9 Å². The van der Waals surface area contributed by atoms with Crippen LogP contribution in [0.3, 0.4) is 0 Å². The van der Waals surface area contributed by atoms with Gasteiger partial charge < -0.3 is 0 Å². The van der Waals surface area contributed by atoms with E-state index in [1.165, 1.54) is 12.8 Å². The molecule has 0 aromatic rings. The fourth-order valence-electron chi connectivity index (χ4n) is 1.63. The lowest BCUT2D eigenvalue weighted by Gasteiger charge is -2.15. The van der Waals surface area contributed by atoms with Crippen LogP contribution < -0.4 is 0 Å². The third kappa shape index (κ3) is 5.35. The van der Waals surface area contributed by atoms with Gasteiger partial charge in [0.15, 0.2) is 0 Å². The van der Waals surface area contributed by atoms with Gasteiger partial charge in [0.2, 0.25) is 0 Å². The second-order valence-corrected chi connectivity index (χ2v) is 3.26. The Labute approximate surface area is 86.0 Å². The normalized spacial score (nSPS) is 19.6. The van der Waals surface area contributed by atoms with E-state index in [9.17, 15) is 0 Å². The molecule has 0 saturated heterocycles. The topological polar surface area (TPSA) is 84.8 Å². The van der Waals surface area contributed by atoms with Crippen molar-refractivity contribution >= 4 is 0 Å². The van der Waals surface area contributed by atoms with Crippen molar-refractivity contribution in [3.63, 3.8) is 0 Å². The van der Waals surface area contributed by atoms with Gasteiger partial charge in [-0.3, -0.25) is 0 Å². The van der Waals surface area contributed by atoms with Crippen molar-refractivity contribution in [2.45, 2.75) is 38.7 Å². The second kappa shape index (κ2) is 7.91. The molecular formula is C7H14O8. The van der Waals surface area contributed by atoms with Gasteiger partial charge in [-0.15, -0.1) is 0 Å². The molecule has 1 aliphatic rings. The van der Waals surface area contributed by atoms with Crippen LogP contribution in [0.15, 0.2) is 0 Å². The van der Waals surface area contributed by atoms with Gasteiger partial charge in [0.1, 0.15) is 0 Å². The highest BCUT2D eigenvalue weighted by atomic mass is 17.9. The van der Waals surface area contributed by atoms with Crippen LogP contribution in [0, 0.1) is 5.92 Å². The highest BCUT2D eigenvalue weighted by molar-refractivity contribution is 4.71. The Kier molecular flexibility index (Phi) is 6.72. The van der Waals surface area contributed by atoms with E-state index in [1.807, 2.05) is 6.92 Å². The lowest BCUT2D eigenvalue weighted by molar-refractivity contribution is -0.813. The fourth-order valence-corrected chi connectivity index (χ4v) is 1.63. The average Bonchev–Trinajstić information content (AvgIpc) is 2.76. The van der Waals surface area contributed by atoms with Crippen molar-refractivity contribution in [1.82, 2.24) is 0 Å². The quantitative estimate of drug-likeness (QED) is 0.380. The molecule has 0 spiro atoms. The highest BCUT2D eigenvalue weighted by Crippen LogP contribution is 2.29. The molecule has 1 atom stereocenters. The Morgan fingerprint density at radius 1 is 1.00 bits per heavy atom. The molecule has 1 unspecified atom stereocenters. The van der Waals surface area contributed by atoms with Crippen molar-refractivity contribution in [2.75, 3.05) is 0 Å². The molecule has 0 aliphatic heterocycles. The molecule has 1 N–H and O–H groups in total. The van der Waals surface area contributed by atoms with Crippen LogP contribution in [-0.2, 0) is 35.1 Å². The molecule has 0 aromatic carbocycles. The largest absolute Gasteiger partial charge is 0.219 e. The molecule has 1 fully saturated rings. The molecule has 0 amide bonds. The lowest BCUT2D eigenvalue weighted by atomic mass is 10.0. The van der Waals surface area contributed by atoms with Gasteiger partial charge in [0.25, 0.3) is 0 Å². The number of hydrogen-bond acceptors (Lipinski definition) is 8. The van der Waals surface area contributed by atoms with E-state index in [1.54, 1.807) is 0 Å². The summed E-state index contributed by atoms with van der Waals surface area (Å²) in [7, 11) is 0. The van der Waals surface area contributed by atoms with E-state index >= 15 is 0 Å². The third-order valence-corrected chi connectivity index (χ3v) is 2.40. The van der Waals surface area contributed by atoms with Crippen molar-refractivity contribution < 1.29 is 40.4 Å². The Morgan fingerprint density at radius 2 is 1.60 bits per heavy atom. The maximum atomic E-state index is 7.60. The molecular weight excluding hydrogens is 212 g/mol. The summed E-state index contributed by atoms with van der Waals surface area (Å²) in [6, 6.07) is 0. The number of hydrogen-bond donors (Lipinski definition) is 1. The van der Waals surface area contributed by atoms with Crippen LogP contribution in [0.5, 0.6) is 0 Å². The first kappa shape index (κ1) is 12.7. The molecule has 1 rings (SSSR count). The van der Waals surface area contributed by atoms with E-state index in [4.69, 9.17) is 10.1 Å². The van der Waals surface area contributed by atoms with E-state index in [2.05, 4.69) is 30.2 Å². The van der Waals surface area contributed by atoms with Gasteiger partial charge in [0, 0.05) is 0 Å². The smallest absolute Gasteiger partial charge is 0.0962 e. The fraction of sp³-hybridized carbons (Fsp3) is 1.00. The van der Waals surface area contributed by atoms with Crippen LogP contribution in [0.4, 0.5) is 0 Å². The van der Waals surface area contributed by atoms with E-state index in [0.29, 0.717) is 5.92 Å². The van der Waals surface area contributed by atoms with Gasteiger partial charge in [0.05, 0.1) is 6.10 Å². The molecule has 8 nitrogen and oxygen atoms in total. The molecule has 0 aromatic heterocycles. The minimum absolute atomic E-state index is 0.0916. The summed E-state index contributed by atoms with van der Waals surface area (Å²) in [6.45, 7) is 1.87. The molecule has 1 aliphatic carbocycles. The molecule has 15 heavy (non-hydrogen) atoms. The first-order valence-electron chi connectivity index (χ1n) is 4.65. The monoisotopic (exact) mass is 226 g/mol. The van der Waals surface area contributed by atoms with Crippen molar-refractivity contribution in [1.29, 1.82) is 0 Å². The summed E-state index contributed by atoms with van der Waals surface area (Å²) in [4.78, 5) is 4.82. The minimum atomic E-state index is -0.0916. The summed E-state index contributed by atoms with van der Waals surface area (Å²) >= 11 is 0. The summed E-state index contributed by atoms with van der Waals surface area (Å²) in [5, 5.41) is 29.5. The Balaban J connectivity index is 1.90. The highest BCUT2D eigenvalue weighted by Gasteiger charge is 2.23. The van der Waals surface area contributed by atoms with Crippen LogP contribution in [0.1, 0.15) is 32.6 Å². The second-order valence-electron chi connectivity index (χ2n) is 3.26. The predicted molar refractivity (Wildman–Crippen MR) is 41.6 cm³/mol. The standard InChI is InChI=1S/C7H14O8/c1-6(7-4-2-3-5-7)9-11-13-15-14-12-10-8/h6-8H,2-5H2,1H3. The molecule has 90 valence electrons. The Bertz CT molecular complexity index is 148. The van der Waals surface area contributed by atoms with Crippen LogP contribution in [0.2, 0.25) is 0 Å². The van der Waals surface area contributed by atoms with E-state index in [-0.39, 0.29) is 6.10 Å². The van der Waals surface area contributed by atoms with Crippen LogP contribution >= 0.6 is 0 Å². The Morgan fingerprint density at radius 3 is 2.27 bits per heavy atom. The minimum Gasteiger partial charge on any atom is -0.219 e. The number of rotatable bonds is 8. The van der Waals surface area contributed by atoms with Gasteiger partial charge in [-0.2, -0.15) is 0 Å². The van der Waals surface area contributed by atoms with Crippen molar-refractivity contribution in [3.8, 4) is 0 Å².